The molecule has 0 aromatic heterocycles. The lowest BCUT2D eigenvalue weighted by atomic mass is 10.0. The molecule has 0 aliphatic rings. The maximum absolute atomic E-state index is 5.51. The summed E-state index contributed by atoms with van der Waals surface area (Å²) < 4.78 is 5.51. The second-order valence-corrected chi connectivity index (χ2v) is 5.17. The molecule has 0 spiro atoms. The second-order valence-electron chi connectivity index (χ2n) is 5.17. The van der Waals surface area contributed by atoms with E-state index in [-0.39, 0.29) is 0 Å². The molecule has 0 saturated heterocycles. The Bertz CT molecular complexity index is 391. The van der Waals surface area contributed by atoms with Crippen LogP contribution in [-0.4, -0.2) is 45.2 Å². The molecule has 0 aliphatic heterocycles. The molecule has 3 nitrogen and oxygen atoms in total. The van der Waals surface area contributed by atoms with Gasteiger partial charge in [-0.05, 0) is 56.6 Å². The van der Waals surface area contributed by atoms with E-state index >= 15 is 0 Å². The van der Waals surface area contributed by atoms with Gasteiger partial charge in [-0.3, -0.25) is 0 Å². The molecule has 0 saturated carbocycles. The van der Waals surface area contributed by atoms with Crippen molar-refractivity contribution in [2.24, 2.45) is 0 Å². The molecule has 3 heteroatoms. The van der Waals surface area contributed by atoms with Crippen LogP contribution in [0.3, 0.4) is 0 Å². The zero-order chi connectivity index (χ0) is 14.3. The minimum absolute atomic E-state index is 1.03. The van der Waals surface area contributed by atoms with Crippen LogP contribution < -0.4 is 10.1 Å². The van der Waals surface area contributed by atoms with Gasteiger partial charge in [-0.15, -0.1) is 0 Å². The van der Waals surface area contributed by atoms with Gasteiger partial charge in [-0.25, -0.2) is 0 Å². The molecule has 0 unspecified atom stereocenters. The summed E-state index contributed by atoms with van der Waals surface area (Å²) in [4.78, 5) is 2.36. The summed E-state index contributed by atoms with van der Waals surface area (Å²) in [5.41, 5.74) is 3.93. The Balaban J connectivity index is 2.57. The van der Waals surface area contributed by atoms with E-state index in [1.165, 1.54) is 16.7 Å². The summed E-state index contributed by atoms with van der Waals surface area (Å²) in [6.45, 7) is 10.7. The Kier molecular flexibility index (Phi) is 6.89. The van der Waals surface area contributed by atoms with Gasteiger partial charge in [0.15, 0.2) is 0 Å². The topological polar surface area (TPSA) is 24.5 Å². The van der Waals surface area contributed by atoms with Crippen LogP contribution in [-0.2, 0) is 6.42 Å². The highest BCUT2D eigenvalue weighted by molar-refractivity contribution is 5.43. The third-order valence-corrected chi connectivity index (χ3v) is 3.46. The molecular formula is C16H28N2O. The fourth-order valence-electron chi connectivity index (χ4n) is 2.32. The van der Waals surface area contributed by atoms with E-state index in [9.17, 15) is 0 Å². The smallest absolute Gasteiger partial charge is 0.122 e. The predicted octanol–water partition coefficient (Wildman–Crippen LogP) is 2.40. The van der Waals surface area contributed by atoms with Crippen LogP contribution in [0.1, 0.15) is 23.6 Å². The lowest BCUT2D eigenvalue weighted by Crippen LogP contribution is -2.30. The second kappa shape index (κ2) is 8.18. The van der Waals surface area contributed by atoms with Crippen molar-refractivity contribution in [3.05, 3.63) is 28.8 Å². The number of ether oxygens (including phenoxy) is 1. The number of hydrogen-bond acceptors (Lipinski definition) is 3. The normalized spacial score (nSPS) is 11.1. The lowest BCUT2D eigenvalue weighted by molar-refractivity contribution is 0.333. The van der Waals surface area contributed by atoms with Crippen LogP contribution in [0.25, 0.3) is 0 Å². The van der Waals surface area contributed by atoms with Crippen molar-refractivity contribution in [1.29, 1.82) is 0 Å². The van der Waals surface area contributed by atoms with E-state index in [1.54, 1.807) is 7.11 Å². The molecule has 0 fully saturated rings. The number of likely N-dealkylation sites (N-methyl/N-ethyl adjacent to an activating group) is 2. The Morgan fingerprint density at radius 2 is 1.95 bits per heavy atom. The van der Waals surface area contributed by atoms with Crippen LogP contribution >= 0.6 is 0 Å². The molecular weight excluding hydrogens is 236 g/mol. The Labute approximate surface area is 118 Å². The van der Waals surface area contributed by atoms with Crippen molar-refractivity contribution in [1.82, 2.24) is 10.2 Å². The molecule has 0 aliphatic carbocycles. The van der Waals surface area contributed by atoms with E-state index < -0.39 is 0 Å². The minimum Gasteiger partial charge on any atom is -0.496 e. The molecule has 0 bridgehead atoms. The molecule has 1 rings (SSSR count). The van der Waals surface area contributed by atoms with Crippen LogP contribution in [0.5, 0.6) is 5.75 Å². The van der Waals surface area contributed by atoms with Crippen LogP contribution in [0.2, 0.25) is 0 Å². The Morgan fingerprint density at radius 3 is 2.58 bits per heavy atom. The zero-order valence-electron chi connectivity index (χ0n) is 13.0. The highest BCUT2D eigenvalue weighted by atomic mass is 16.5. The average Bonchev–Trinajstić information content (AvgIpc) is 2.37. The summed E-state index contributed by atoms with van der Waals surface area (Å²) in [7, 11) is 3.93. The number of aryl methyl sites for hydroxylation is 2. The van der Waals surface area contributed by atoms with Gasteiger partial charge in [-0.1, -0.05) is 13.0 Å². The molecule has 0 heterocycles. The summed E-state index contributed by atoms with van der Waals surface area (Å²) in [5.74, 6) is 1.03. The van der Waals surface area contributed by atoms with Crippen molar-refractivity contribution in [3.63, 3.8) is 0 Å². The van der Waals surface area contributed by atoms with Gasteiger partial charge in [0.2, 0.25) is 0 Å². The number of methoxy groups -OCH3 is 1. The van der Waals surface area contributed by atoms with Gasteiger partial charge in [0.05, 0.1) is 7.11 Å². The van der Waals surface area contributed by atoms with E-state index in [0.29, 0.717) is 0 Å². The number of rotatable bonds is 8. The molecule has 0 atom stereocenters. The quantitative estimate of drug-likeness (QED) is 0.730. The Hall–Kier alpha value is -1.06. The fraction of sp³-hybridized carbons (Fsp3) is 0.625. The highest BCUT2D eigenvalue weighted by Crippen LogP contribution is 2.24. The van der Waals surface area contributed by atoms with Crippen molar-refractivity contribution >= 4 is 0 Å². The molecule has 0 radical (unpaired) electrons. The monoisotopic (exact) mass is 264 g/mol. The van der Waals surface area contributed by atoms with Crippen molar-refractivity contribution in [3.8, 4) is 5.75 Å². The molecule has 108 valence electrons. The van der Waals surface area contributed by atoms with Crippen molar-refractivity contribution in [2.75, 3.05) is 40.3 Å². The molecule has 1 aromatic rings. The summed E-state index contributed by atoms with van der Waals surface area (Å²) in [6.07, 6.45) is 1.04. The number of nitrogens with zero attached hydrogens (tertiary/aromatic N) is 1. The first-order valence-electron chi connectivity index (χ1n) is 7.11. The van der Waals surface area contributed by atoms with Gasteiger partial charge in [0.25, 0.3) is 0 Å². The van der Waals surface area contributed by atoms with E-state index in [1.807, 2.05) is 0 Å². The third kappa shape index (κ3) is 5.21. The van der Waals surface area contributed by atoms with Gasteiger partial charge < -0.3 is 15.0 Å². The highest BCUT2D eigenvalue weighted by Gasteiger charge is 2.08. The van der Waals surface area contributed by atoms with Gasteiger partial charge in [0, 0.05) is 19.6 Å². The number of hydrogen-bond donors (Lipinski definition) is 1. The zero-order valence-corrected chi connectivity index (χ0v) is 13.0. The molecule has 0 amide bonds. The maximum Gasteiger partial charge on any atom is 0.122 e. The SMILES string of the molecule is CCNCCN(C)CCc1c(C)cc(C)cc1OC. The van der Waals surface area contributed by atoms with Crippen LogP contribution in [0, 0.1) is 13.8 Å². The number of benzene rings is 1. The van der Waals surface area contributed by atoms with Crippen molar-refractivity contribution in [2.45, 2.75) is 27.2 Å². The van der Waals surface area contributed by atoms with Crippen LogP contribution in [0.4, 0.5) is 0 Å². The first-order chi connectivity index (χ1) is 9.08. The predicted molar refractivity (Wildman–Crippen MR) is 82.2 cm³/mol. The lowest BCUT2D eigenvalue weighted by Gasteiger charge is -2.19. The van der Waals surface area contributed by atoms with E-state index in [2.05, 4.69) is 50.2 Å². The van der Waals surface area contributed by atoms with E-state index in [0.717, 1.165) is 38.3 Å². The Morgan fingerprint density at radius 1 is 1.21 bits per heavy atom. The molecule has 1 N–H and O–H groups in total. The first kappa shape index (κ1) is 16.0. The van der Waals surface area contributed by atoms with Crippen molar-refractivity contribution < 1.29 is 4.74 Å². The minimum atomic E-state index is 1.03. The van der Waals surface area contributed by atoms with Gasteiger partial charge >= 0.3 is 0 Å². The van der Waals surface area contributed by atoms with Gasteiger partial charge in [-0.2, -0.15) is 0 Å². The standard InChI is InChI=1S/C16H28N2O/c1-6-17-8-10-18(4)9-7-15-14(3)11-13(2)12-16(15)19-5/h11-12,17H,6-10H2,1-5H3. The summed E-state index contributed by atoms with van der Waals surface area (Å²) in [6, 6.07) is 4.36. The third-order valence-electron chi connectivity index (χ3n) is 3.46. The molecule has 1 aromatic carbocycles. The van der Waals surface area contributed by atoms with E-state index in [4.69, 9.17) is 4.74 Å². The first-order valence-corrected chi connectivity index (χ1v) is 7.11. The molecule has 19 heavy (non-hydrogen) atoms. The van der Waals surface area contributed by atoms with Gasteiger partial charge in [0.1, 0.15) is 5.75 Å². The largest absolute Gasteiger partial charge is 0.496 e. The maximum atomic E-state index is 5.51. The van der Waals surface area contributed by atoms with Crippen LogP contribution in [0.15, 0.2) is 12.1 Å². The summed E-state index contributed by atoms with van der Waals surface area (Å²) >= 11 is 0. The average molecular weight is 264 g/mol. The fourth-order valence-corrected chi connectivity index (χ4v) is 2.32. The number of nitrogens with one attached hydrogen (secondary N) is 1. The summed E-state index contributed by atoms with van der Waals surface area (Å²) in [5, 5.41) is 3.35.